The summed E-state index contributed by atoms with van der Waals surface area (Å²) >= 11 is 0. The minimum atomic E-state index is -0.931. The smallest absolute Gasteiger partial charge is 0.411 e. The molecule has 7 nitrogen and oxygen atoms in total. The molecule has 2 saturated heterocycles. The molecular formula is C16H20N4O3. The molecule has 3 rings (SSSR count). The number of likely N-dealkylation sites (tertiary alicyclic amines) is 1. The maximum Gasteiger partial charge on any atom is 0.411 e. The third-order valence-electron chi connectivity index (χ3n) is 4.39. The number of morpholine rings is 1. The normalized spacial score (nSPS) is 21.4. The summed E-state index contributed by atoms with van der Waals surface area (Å²) in [7, 11) is 0. The lowest BCUT2D eigenvalue weighted by atomic mass is 9.90. The van der Waals surface area contributed by atoms with Gasteiger partial charge in [0.15, 0.2) is 0 Å². The van der Waals surface area contributed by atoms with Crippen molar-refractivity contribution in [3.8, 4) is 6.07 Å². The predicted molar refractivity (Wildman–Crippen MR) is 81.4 cm³/mol. The second-order valence-corrected chi connectivity index (χ2v) is 5.87. The second kappa shape index (κ2) is 6.94. The Bertz CT molecular complexity index is 571. The van der Waals surface area contributed by atoms with E-state index in [1.165, 1.54) is 6.20 Å². The molecule has 122 valence electrons. The van der Waals surface area contributed by atoms with Crippen molar-refractivity contribution >= 4 is 6.09 Å². The lowest BCUT2D eigenvalue weighted by molar-refractivity contribution is -0.0976. The fourth-order valence-corrected chi connectivity index (χ4v) is 3.00. The Hall–Kier alpha value is -2.17. The van der Waals surface area contributed by atoms with E-state index < -0.39 is 12.2 Å². The Balaban J connectivity index is 1.56. The van der Waals surface area contributed by atoms with Crippen LogP contribution in [0, 0.1) is 11.3 Å². The molecule has 2 aliphatic rings. The fraction of sp³-hybridized carbons (Fsp3) is 0.562. The van der Waals surface area contributed by atoms with Crippen molar-refractivity contribution in [2.45, 2.75) is 24.5 Å². The molecule has 2 fully saturated rings. The number of pyridine rings is 1. The molecule has 23 heavy (non-hydrogen) atoms. The van der Waals surface area contributed by atoms with Gasteiger partial charge in [-0.3, -0.25) is 4.98 Å². The van der Waals surface area contributed by atoms with Crippen LogP contribution >= 0.6 is 0 Å². The number of carbonyl (C=O) groups excluding carboxylic acids is 1. The van der Waals surface area contributed by atoms with Gasteiger partial charge >= 0.3 is 6.09 Å². The molecule has 7 heteroatoms. The zero-order chi connectivity index (χ0) is 16.1. The molecule has 3 heterocycles. The van der Waals surface area contributed by atoms with Gasteiger partial charge in [0.05, 0.1) is 12.2 Å². The minimum Gasteiger partial charge on any atom is -0.426 e. The average Bonchev–Trinajstić information content (AvgIpc) is 2.61. The minimum absolute atomic E-state index is 0.160. The molecule has 0 aromatic carbocycles. The number of rotatable bonds is 2. The Kier molecular flexibility index (Phi) is 4.74. The Morgan fingerprint density at radius 3 is 2.96 bits per heavy atom. The molecule has 1 spiro atoms. The lowest BCUT2D eigenvalue weighted by Crippen LogP contribution is -2.56. The van der Waals surface area contributed by atoms with Crippen LogP contribution in [0.3, 0.4) is 0 Å². The van der Waals surface area contributed by atoms with Crippen molar-refractivity contribution in [1.29, 1.82) is 5.26 Å². The number of aromatic nitrogens is 1. The summed E-state index contributed by atoms with van der Waals surface area (Å²) in [5.74, 6) is 0. The van der Waals surface area contributed by atoms with E-state index >= 15 is 0 Å². The van der Waals surface area contributed by atoms with Crippen molar-refractivity contribution in [3.05, 3.63) is 30.1 Å². The number of amides is 1. The summed E-state index contributed by atoms with van der Waals surface area (Å²) in [5.41, 5.74) is 0.421. The van der Waals surface area contributed by atoms with Crippen LogP contribution in [-0.2, 0) is 9.47 Å². The molecule has 1 N–H and O–H groups in total. The van der Waals surface area contributed by atoms with Crippen LogP contribution in [0.15, 0.2) is 24.5 Å². The van der Waals surface area contributed by atoms with Crippen LogP contribution in [0.1, 0.15) is 24.5 Å². The second-order valence-electron chi connectivity index (χ2n) is 5.87. The predicted octanol–water partition coefficient (Wildman–Crippen LogP) is 1.24. The van der Waals surface area contributed by atoms with Crippen LogP contribution < -0.4 is 5.32 Å². The highest BCUT2D eigenvalue weighted by atomic mass is 16.6. The lowest BCUT2D eigenvalue weighted by Gasteiger charge is -2.43. The van der Waals surface area contributed by atoms with Gasteiger partial charge in [0.1, 0.15) is 6.07 Å². The van der Waals surface area contributed by atoms with Gasteiger partial charge < -0.3 is 19.7 Å². The number of ether oxygens (including phenoxy) is 2. The van der Waals surface area contributed by atoms with Crippen molar-refractivity contribution < 1.29 is 14.3 Å². The van der Waals surface area contributed by atoms with Crippen LogP contribution in [-0.4, -0.2) is 54.4 Å². The Morgan fingerprint density at radius 1 is 1.52 bits per heavy atom. The maximum absolute atomic E-state index is 12.3. The van der Waals surface area contributed by atoms with E-state index in [9.17, 15) is 10.1 Å². The average molecular weight is 316 g/mol. The van der Waals surface area contributed by atoms with E-state index in [2.05, 4.69) is 10.3 Å². The molecule has 0 saturated carbocycles. The van der Waals surface area contributed by atoms with E-state index in [4.69, 9.17) is 9.47 Å². The van der Waals surface area contributed by atoms with Crippen LogP contribution in [0.2, 0.25) is 0 Å². The van der Waals surface area contributed by atoms with Crippen molar-refractivity contribution in [2.24, 2.45) is 0 Å². The monoisotopic (exact) mass is 316 g/mol. The van der Waals surface area contributed by atoms with Crippen LogP contribution in [0.25, 0.3) is 0 Å². The molecule has 0 bridgehead atoms. The van der Waals surface area contributed by atoms with Crippen molar-refractivity contribution in [3.63, 3.8) is 0 Å². The zero-order valence-electron chi connectivity index (χ0n) is 12.9. The first-order valence-corrected chi connectivity index (χ1v) is 7.82. The standard InChI is InChI=1S/C16H20N4O3/c17-10-14(13-2-1-5-18-11-13)23-15(21)20-7-3-16(4-8-20)12-19-6-9-22-16/h1-2,5,11,14,19H,3-4,6-9,12H2. The zero-order valence-corrected chi connectivity index (χ0v) is 12.9. The highest BCUT2D eigenvalue weighted by Gasteiger charge is 2.38. The number of nitriles is 1. The van der Waals surface area contributed by atoms with Gasteiger partial charge in [-0.05, 0) is 18.9 Å². The maximum atomic E-state index is 12.3. The van der Waals surface area contributed by atoms with Gasteiger partial charge in [-0.1, -0.05) is 6.07 Å². The van der Waals surface area contributed by atoms with E-state index in [0.29, 0.717) is 25.3 Å². The van der Waals surface area contributed by atoms with E-state index in [1.807, 2.05) is 6.07 Å². The van der Waals surface area contributed by atoms with E-state index in [1.54, 1.807) is 23.2 Å². The van der Waals surface area contributed by atoms with Crippen LogP contribution in [0.4, 0.5) is 4.79 Å². The third-order valence-corrected chi connectivity index (χ3v) is 4.39. The summed E-state index contributed by atoms with van der Waals surface area (Å²) in [6.07, 6.45) is 3.31. The number of hydrogen-bond donors (Lipinski definition) is 1. The first-order valence-electron chi connectivity index (χ1n) is 7.82. The summed E-state index contributed by atoms with van der Waals surface area (Å²) in [5, 5.41) is 12.6. The van der Waals surface area contributed by atoms with E-state index in [0.717, 1.165) is 25.9 Å². The number of hydrogen-bond acceptors (Lipinski definition) is 6. The van der Waals surface area contributed by atoms with Gasteiger partial charge in [0.25, 0.3) is 0 Å². The topological polar surface area (TPSA) is 87.5 Å². The molecule has 2 aliphatic heterocycles. The Morgan fingerprint density at radius 2 is 2.35 bits per heavy atom. The van der Waals surface area contributed by atoms with Gasteiger partial charge in [0.2, 0.25) is 6.10 Å². The number of nitrogens with one attached hydrogen (secondary N) is 1. The van der Waals surface area contributed by atoms with Gasteiger partial charge in [-0.15, -0.1) is 0 Å². The summed E-state index contributed by atoms with van der Waals surface area (Å²) in [4.78, 5) is 17.9. The molecule has 0 aliphatic carbocycles. The first kappa shape index (κ1) is 15.7. The fourth-order valence-electron chi connectivity index (χ4n) is 3.00. The highest BCUT2D eigenvalue weighted by Crippen LogP contribution is 2.28. The van der Waals surface area contributed by atoms with Crippen molar-refractivity contribution in [2.75, 3.05) is 32.8 Å². The van der Waals surface area contributed by atoms with Gasteiger partial charge in [-0.25, -0.2) is 4.79 Å². The van der Waals surface area contributed by atoms with Gasteiger partial charge in [0, 0.05) is 44.1 Å². The molecule has 1 aromatic heterocycles. The number of piperidine rings is 1. The van der Waals surface area contributed by atoms with Crippen LogP contribution in [0.5, 0.6) is 0 Å². The third kappa shape index (κ3) is 3.60. The highest BCUT2D eigenvalue weighted by molar-refractivity contribution is 5.68. The molecule has 0 radical (unpaired) electrons. The summed E-state index contributed by atoms with van der Waals surface area (Å²) in [6, 6.07) is 5.44. The SMILES string of the molecule is N#CC(OC(=O)N1CCC2(CC1)CNCCO2)c1cccnc1. The van der Waals surface area contributed by atoms with E-state index in [-0.39, 0.29) is 5.60 Å². The first-order chi connectivity index (χ1) is 11.2. The Labute approximate surface area is 135 Å². The van der Waals surface area contributed by atoms with Gasteiger partial charge in [-0.2, -0.15) is 5.26 Å². The molecule has 1 unspecified atom stereocenters. The molecular weight excluding hydrogens is 296 g/mol. The largest absolute Gasteiger partial charge is 0.426 e. The number of carbonyl (C=O) groups is 1. The molecule has 1 amide bonds. The molecule has 1 atom stereocenters. The number of nitrogens with zero attached hydrogens (tertiary/aromatic N) is 3. The summed E-state index contributed by atoms with van der Waals surface area (Å²) < 4.78 is 11.2. The summed E-state index contributed by atoms with van der Waals surface area (Å²) in [6.45, 7) is 3.56. The molecule has 1 aromatic rings. The quantitative estimate of drug-likeness (QED) is 0.883. The van der Waals surface area contributed by atoms with Crippen molar-refractivity contribution in [1.82, 2.24) is 15.2 Å².